The molecule has 0 aromatic heterocycles. The molecule has 0 heterocycles. The Balaban J connectivity index is 1.80. The number of hydrogen-bond donors (Lipinski definition) is 1. The molecule has 1 amide bonds. The molecule has 0 fully saturated rings. The number of oxime groups is 1. The van der Waals surface area contributed by atoms with Gasteiger partial charge >= 0.3 is 0 Å². The zero-order chi connectivity index (χ0) is 15.9. The molecule has 0 saturated heterocycles. The molecule has 2 aromatic carbocycles. The molecule has 0 aliphatic heterocycles. The molecule has 7 heteroatoms. The minimum absolute atomic E-state index is 0.0898. The van der Waals surface area contributed by atoms with Crippen molar-refractivity contribution in [3.05, 3.63) is 64.7 Å². The van der Waals surface area contributed by atoms with Crippen LogP contribution in [0.2, 0.25) is 5.02 Å². The average Bonchev–Trinajstić information content (AvgIpc) is 2.49. The van der Waals surface area contributed by atoms with Gasteiger partial charge in [-0.1, -0.05) is 28.9 Å². The number of rotatable bonds is 5. The Morgan fingerprint density at radius 3 is 2.64 bits per heavy atom. The molecule has 2 rings (SSSR count). The summed E-state index contributed by atoms with van der Waals surface area (Å²) in [5.74, 6) is -1.39. The topological polar surface area (TPSA) is 50.7 Å². The number of carbonyl (C=O) groups is 1. The third-order valence-corrected chi connectivity index (χ3v) is 2.83. The average molecular weight is 325 g/mol. The molecule has 4 nitrogen and oxygen atoms in total. The maximum atomic E-state index is 13.0. The molecule has 0 saturated carbocycles. The second-order valence-electron chi connectivity index (χ2n) is 4.24. The summed E-state index contributed by atoms with van der Waals surface area (Å²) in [6.07, 6.45) is 1.35. The Morgan fingerprint density at radius 1 is 1.23 bits per heavy atom. The van der Waals surface area contributed by atoms with E-state index in [1.165, 1.54) is 42.6 Å². The van der Waals surface area contributed by atoms with Gasteiger partial charge in [-0.2, -0.15) is 0 Å². The zero-order valence-corrected chi connectivity index (χ0v) is 12.0. The smallest absolute Gasteiger partial charge is 0.265 e. The van der Waals surface area contributed by atoms with Crippen molar-refractivity contribution in [3.63, 3.8) is 0 Å². The van der Waals surface area contributed by atoms with Crippen molar-refractivity contribution in [3.8, 4) is 0 Å². The van der Waals surface area contributed by atoms with Crippen LogP contribution in [0.1, 0.15) is 5.56 Å². The lowest BCUT2D eigenvalue weighted by Crippen LogP contribution is -2.17. The summed E-state index contributed by atoms with van der Waals surface area (Å²) in [5.41, 5.74) is 0.981. The van der Waals surface area contributed by atoms with Gasteiger partial charge in [0.2, 0.25) is 0 Å². The molecular weight excluding hydrogens is 314 g/mol. The van der Waals surface area contributed by atoms with Crippen molar-refractivity contribution in [1.82, 2.24) is 0 Å². The van der Waals surface area contributed by atoms with E-state index in [-0.39, 0.29) is 17.4 Å². The van der Waals surface area contributed by atoms with E-state index in [1.54, 1.807) is 0 Å². The molecule has 1 N–H and O–H groups in total. The summed E-state index contributed by atoms with van der Waals surface area (Å²) in [7, 11) is 0. The Labute approximate surface area is 130 Å². The Bertz CT molecular complexity index is 690. The Kier molecular flexibility index (Phi) is 5.43. The summed E-state index contributed by atoms with van der Waals surface area (Å²) in [5, 5.41) is 5.98. The minimum Gasteiger partial charge on any atom is -0.386 e. The van der Waals surface area contributed by atoms with E-state index in [1.807, 2.05) is 0 Å². The SMILES string of the molecule is O=C(CO/N=C/c1ccc(F)cc1)Nc1ccc(F)c(Cl)c1. The van der Waals surface area contributed by atoms with Crippen molar-refractivity contribution in [1.29, 1.82) is 0 Å². The number of nitrogens with one attached hydrogen (secondary N) is 1. The van der Waals surface area contributed by atoms with Crippen LogP contribution in [0.5, 0.6) is 0 Å². The first-order valence-electron chi connectivity index (χ1n) is 6.20. The summed E-state index contributed by atoms with van der Waals surface area (Å²) in [4.78, 5) is 16.4. The fourth-order valence-corrected chi connectivity index (χ4v) is 1.69. The first-order chi connectivity index (χ1) is 10.5. The number of halogens is 3. The minimum atomic E-state index is -0.570. The van der Waals surface area contributed by atoms with Crippen LogP contribution in [-0.2, 0) is 9.63 Å². The van der Waals surface area contributed by atoms with Crippen LogP contribution in [-0.4, -0.2) is 18.7 Å². The van der Waals surface area contributed by atoms with Crippen LogP contribution in [0.4, 0.5) is 14.5 Å². The third-order valence-electron chi connectivity index (χ3n) is 2.55. The van der Waals surface area contributed by atoms with Crippen molar-refractivity contribution in [2.24, 2.45) is 5.16 Å². The van der Waals surface area contributed by atoms with Gasteiger partial charge in [0.05, 0.1) is 11.2 Å². The van der Waals surface area contributed by atoms with Crippen LogP contribution in [0.25, 0.3) is 0 Å². The van der Waals surface area contributed by atoms with Crippen LogP contribution in [0.15, 0.2) is 47.6 Å². The van der Waals surface area contributed by atoms with Crippen LogP contribution in [0.3, 0.4) is 0 Å². The largest absolute Gasteiger partial charge is 0.386 e. The number of nitrogens with zero attached hydrogens (tertiary/aromatic N) is 1. The highest BCUT2D eigenvalue weighted by Crippen LogP contribution is 2.19. The molecule has 0 radical (unpaired) electrons. The maximum absolute atomic E-state index is 13.0. The van der Waals surface area contributed by atoms with Crippen molar-refractivity contribution >= 4 is 29.4 Å². The molecule has 0 atom stereocenters. The maximum Gasteiger partial charge on any atom is 0.265 e. The van der Waals surface area contributed by atoms with Gasteiger partial charge in [-0.25, -0.2) is 8.78 Å². The predicted octanol–water partition coefficient (Wildman–Crippen LogP) is 3.61. The molecule has 2 aromatic rings. The van der Waals surface area contributed by atoms with Gasteiger partial charge in [0, 0.05) is 5.69 Å². The molecule has 114 valence electrons. The predicted molar refractivity (Wildman–Crippen MR) is 80.0 cm³/mol. The summed E-state index contributed by atoms with van der Waals surface area (Å²) in [6.45, 7) is -0.327. The zero-order valence-electron chi connectivity index (χ0n) is 11.2. The number of benzene rings is 2. The highest BCUT2D eigenvalue weighted by Gasteiger charge is 2.05. The molecule has 0 spiro atoms. The Morgan fingerprint density at radius 2 is 1.95 bits per heavy atom. The fourth-order valence-electron chi connectivity index (χ4n) is 1.51. The van der Waals surface area contributed by atoms with E-state index in [2.05, 4.69) is 10.5 Å². The number of anilines is 1. The van der Waals surface area contributed by atoms with Gasteiger partial charge in [-0.15, -0.1) is 0 Å². The number of carbonyl (C=O) groups excluding carboxylic acids is 1. The van der Waals surface area contributed by atoms with E-state index in [0.717, 1.165) is 6.07 Å². The molecular formula is C15H11ClF2N2O2. The second-order valence-corrected chi connectivity index (χ2v) is 4.64. The van der Waals surface area contributed by atoms with Gasteiger partial charge in [-0.05, 0) is 35.9 Å². The summed E-state index contributed by atoms with van der Waals surface area (Å²) in [6, 6.07) is 9.41. The van der Waals surface area contributed by atoms with Crippen LogP contribution in [0, 0.1) is 11.6 Å². The first kappa shape index (κ1) is 15.9. The van der Waals surface area contributed by atoms with Crippen LogP contribution < -0.4 is 5.32 Å². The quantitative estimate of drug-likeness (QED) is 0.674. The highest BCUT2D eigenvalue weighted by atomic mass is 35.5. The Hall–Kier alpha value is -2.47. The van der Waals surface area contributed by atoms with Gasteiger partial charge < -0.3 is 10.2 Å². The lowest BCUT2D eigenvalue weighted by Gasteiger charge is -2.05. The van der Waals surface area contributed by atoms with Crippen molar-refractivity contribution < 1.29 is 18.4 Å². The van der Waals surface area contributed by atoms with Gasteiger partial charge in [0.25, 0.3) is 5.91 Å². The molecule has 0 aliphatic carbocycles. The molecule has 22 heavy (non-hydrogen) atoms. The lowest BCUT2D eigenvalue weighted by molar-refractivity contribution is -0.120. The third kappa shape index (κ3) is 4.82. The lowest BCUT2D eigenvalue weighted by atomic mass is 10.2. The van der Waals surface area contributed by atoms with Crippen molar-refractivity contribution in [2.45, 2.75) is 0 Å². The molecule has 0 unspecified atom stereocenters. The van der Waals surface area contributed by atoms with Gasteiger partial charge in [0.15, 0.2) is 6.61 Å². The highest BCUT2D eigenvalue weighted by molar-refractivity contribution is 6.31. The van der Waals surface area contributed by atoms with Crippen LogP contribution >= 0.6 is 11.6 Å². The normalized spacial score (nSPS) is 10.7. The monoisotopic (exact) mass is 324 g/mol. The molecule has 0 bridgehead atoms. The fraction of sp³-hybridized carbons (Fsp3) is 0.0667. The van der Waals surface area contributed by atoms with Gasteiger partial charge in [0.1, 0.15) is 11.6 Å². The first-order valence-corrected chi connectivity index (χ1v) is 6.58. The second kappa shape index (κ2) is 7.51. The van der Waals surface area contributed by atoms with E-state index in [0.29, 0.717) is 11.3 Å². The summed E-state index contributed by atoms with van der Waals surface area (Å²) < 4.78 is 25.6. The van der Waals surface area contributed by atoms with E-state index >= 15 is 0 Å². The standard InChI is InChI=1S/C15H11ClF2N2O2/c16-13-7-12(5-6-14(13)18)20-15(21)9-22-19-8-10-1-3-11(17)4-2-10/h1-8H,9H2,(H,20,21)/b19-8+. The number of hydrogen-bond acceptors (Lipinski definition) is 3. The number of amides is 1. The molecule has 0 aliphatic rings. The van der Waals surface area contributed by atoms with Crippen molar-refractivity contribution in [2.75, 3.05) is 11.9 Å². The van der Waals surface area contributed by atoms with Gasteiger partial charge in [-0.3, -0.25) is 4.79 Å². The van der Waals surface area contributed by atoms with E-state index in [4.69, 9.17) is 16.4 Å². The summed E-state index contributed by atoms with van der Waals surface area (Å²) >= 11 is 5.60. The van der Waals surface area contributed by atoms with E-state index in [9.17, 15) is 13.6 Å². The van der Waals surface area contributed by atoms with E-state index < -0.39 is 11.7 Å².